The van der Waals surface area contributed by atoms with Gasteiger partial charge in [0.15, 0.2) is 0 Å². The van der Waals surface area contributed by atoms with Gasteiger partial charge in [0, 0.05) is 31.3 Å². The van der Waals surface area contributed by atoms with Crippen molar-refractivity contribution in [1.82, 2.24) is 9.88 Å². The van der Waals surface area contributed by atoms with Gasteiger partial charge in [-0.2, -0.15) is 0 Å². The molecule has 1 aromatic heterocycles. The van der Waals surface area contributed by atoms with Gasteiger partial charge in [-0.05, 0) is 12.1 Å². The second-order valence-corrected chi connectivity index (χ2v) is 5.03. The number of amides is 2. The largest absolute Gasteiger partial charge is 0.478 e. The number of carboxylic acid groups (broad SMARTS) is 1. The molecule has 19 heavy (non-hydrogen) atoms. The zero-order valence-corrected chi connectivity index (χ0v) is 10.9. The molecule has 1 aromatic rings. The summed E-state index contributed by atoms with van der Waals surface area (Å²) < 4.78 is 0. The monoisotopic (exact) mass is 280 g/mol. The number of hydrogen-bond acceptors (Lipinski definition) is 5. The van der Waals surface area contributed by atoms with Gasteiger partial charge in [-0.25, -0.2) is 9.78 Å². The van der Waals surface area contributed by atoms with E-state index in [2.05, 4.69) is 4.98 Å². The lowest BCUT2D eigenvalue weighted by Crippen LogP contribution is -2.31. The molecular weight excluding hydrogens is 268 g/mol. The Balaban J connectivity index is 1.94. The van der Waals surface area contributed by atoms with Gasteiger partial charge in [0.25, 0.3) is 0 Å². The summed E-state index contributed by atoms with van der Waals surface area (Å²) in [4.78, 5) is 39.0. The van der Waals surface area contributed by atoms with Crippen molar-refractivity contribution in [2.75, 3.05) is 12.3 Å². The summed E-state index contributed by atoms with van der Waals surface area (Å²) in [6, 6.07) is 3.03. The Kier molecular flexibility index (Phi) is 4.16. The van der Waals surface area contributed by atoms with E-state index in [1.54, 1.807) is 6.07 Å². The minimum absolute atomic E-state index is 0.131. The highest BCUT2D eigenvalue weighted by molar-refractivity contribution is 7.99. The summed E-state index contributed by atoms with van der Waals surface area (Å²) in [5.74, 6) is -0.923. The average molecular weight is 280 g/mol. The van der Waals surface area contributed by atoms with Crippen molar-refractivity contribution in [2.45, 2.75) is 17.9 Å². The average Bonchev–Trinajstić information content (AvgIpc) is 2.70. The number of carboxylic acids is 1. The van der Waals surface area contributed by atoms with Crippen molar-refractivity contribution >= 4 is 29.5 Å². The summed E-state index contributed by atoms with van der Waals surface area (Å²) in [5, 5.41) is 9.39. The maximum absolute atomic E-state index is 11.4. The van der Waals surface area contributed by atoms with E-state index in [9.17, 15) is 14.4 Å². The maximum atomic E-state index is 11.4. The summed E-state index contributed by atoms with van der Waals surface area (Å²) in [6.45, 7) is 0.290. The molecule has 0 saturated carbocycles. The van der Waals surface area contributed by atoms with Gasteiger partial charge in [0.05, 0.1) is 5.56 Å². The molecule has 0 aromatic carbocycles. The van der Waals surface area contributed by atoms with Crippen molar-refractivity contribution in [2.24, 2.45) is 0 Å². The van der Waals surface area contributed by atoms with Crippen LogP contribution in [-0.2, 0) is 9.59 Å². The Labute approximate surface area is 113 Å². The van der Waals surface area contributed by atoms with E-state index in [1.165, 1.54) is 28.9 Å². The third kappa shape index (κ3) is 3.11. The minimum Gasteiger partial charge on any atom is -0.478 e. The van der Waals surface area contributed by atoms with Gasteiger partial charge in [0.1, 0.15) is 5.03 Å². The number of carbonyl (C=O) groups is 3. The third-order valence-electron chi connectivity index (χ3n) is 2.71. The first-order valence-electron chi connectivity index (χ1n) is 5.74. The van der Waals surface area contributed by atoms with Gasteiger partial charge in [-0.1, -0.05) is 0 Å². The lowest BCUT2D eigenvalue weighted by molar-refractivity contribution is -0.137. The second-order valence-electron chi connectivity index (χ2n) is 3.95. The lowest BCUT2D eigenvalue weighted by Gasteiger charge is -2.13. The second kappa shape index (κ2) is 5.83. The molecule has 7 heteroatoms. The zero-order valence-electron chi connectivity index (χ0n) is 10.0. The highest BCUT2D eigenvalue weighted by Gasteiger charge is 2.28. The van der Waals surface area contributed by atoms with Crippen molar-refractivity contribution in [3.63, 3.8) is 0 Å². The van der Waals surface area contributed by atoms with Gasteiger partial charge in [0.2, 0.25) is 11.8 Å². The van der Waals surface area contributed by atoms with Crippen LogP contribution in [-0.4, -0.2) is 45.1 Å². The van der Waals surface area contributed by atoms with Crippen LogP contribution in [0.1, 0.15) is 23.2 Å². The zero-order chi connectivity index (χ0) is 13.8. The molecule has 0 aliphatic carbocycles. The predicted octanol–water partition coefficient (Wildman–Crippen LogP) is 1.02. The summed E-state index contributed by atoms with van der Waals surface area (Å²) in [7, 11) is 0. The van der Waals surface area contributed by atoms with E-state index >= 15 is 0 Å². The number of thioether (sulfide) groups is 1. The Morgan fingerprint density at radius 1 is 1.37 bits per heavy atom. The molecule has 1 aliphatic rings. The molecule has 0 bridgehead atoms. The molecule has 1 aliphatic heterocycles. The van der Waals surface area contributed by atoms with Gasteiger partial charge in [-0.15, -0.1) is 11.8 Å². The Morgan fingerprint density at radius 3 is 2.68 bits per heavy atom. The van der Waals surface area contributed by atoms with E-state index in [0.29, 0.717) is 10.8 Å². The van der Waals surface area contributed by atoms with Crippen molar-refractivity contribution in [3.8, 4) is 0 Å². The fraction of sp³-hybridized carbons (Fsp3) is 0.333. The van der Waals surface area contributed by atoms with Gasteiger partial charge >= 0.3 is 5.97 Å². The van der Waals surface area contributed by atoms with Crippen LogP contribution in [0.3, 0.4) is 0 Å². The van der Waals surface area contributed by atoms with E-state index in [4.69, 9.17) is 5.11 Å². The topological polar surface area (TPSA) is 87.6 Å². The van der Waals surface area contributed by atoms with Crippen LogP contribution in [0.2, 0.25) is 0 Å². The molecule has 6 nitrogen and oxygen atoms in total. The molecule has 0 spiro atoms. The van der Waals surface area contributed by atoms with Crippen LogP contribution in [0, 0.1) is 0 Å². The van der Waals surface area contributed by atoms with Crippen LogP contribution < -0.4 is 0 Å². The number of aromatic carboxylic acids is 1. The first-order valence-corrected chi connectivity index (χ1v) is 6.72. The minimum atomic E-state index is -1.04. The standard InChI is InChI=1S/C12H12N2O4S/c15-9-3-4-10(16)14(9)6-7-19-11-8(12(17)18)2-1-5-13-11/h1-2,5H,3-4,6-7H2,(H,17,18). The summed E-state index contributed by atoms with van der Waals surface area (Å²) >= 11 is 1.23. The normalized spacial score (nSPS) is 15.1. The molecule has 0 atom stereocenters. The fourth-order valence-electron chi connectivity index (χ4n) is 1.77. The Hall–Kier alpha value is -1.89. The highest BCUT2D eigenvalue weighted by Crippen LogP contribution is 2.21. The van der Waals surface area contributed by atoms with Crippen LogP contribution in [0.4, 0.5) is 0 Å². The van der Waals surface area contributed by atoms with Crippen molar-refractivity contribution in [3.05, 3.63) is 23.9 Å². The molecular formula is C12H12N2O4S. The quantitative estimate of drug-likeness (QED) is 0.640. The fourth-order valence-corrected chi connectivity index (χ4v) is 2.69. The van der Waals surface area contributed by atoms with Crippen LogP contribution in [0.5, 0.6) is 0 Å². The van der Waals surface area contributed by atoms with Crippen LogP contribution in [0.25, 0.3) is 0 Å². The molecule has 2 heterocycles. The van der Waals surface area contributed by atoms with Gasteiger partial charge in [-0.3, -0.25) is 14.5 Å². The third-order valence-corrected chi connectivity index (χ3v) is 3.70. The van der Waals surface area contributed by atoms with Crippen LogP contribution >= 0.6 is 11.8 Å². The number of imide groups is 1. The molecule has 2 amide bonds. The van der Waals surface area contributed by atoms with E-state index in [1.807, 2.05) is 0 Å². The number of rotatable bonds is 5. The Bertz CT molecular complexity index is 516. The van der Waals surface area contributed by atoms with Gasteiger partial charge < -0.3 is 5.11 Å². The maximum Gasteiger partial charge on any atom is 0.338 e. The van der Waals surface area contributed by atoms with E-state index < -0.39 is 5.97 Å². The number of hydrogen-bond donors (Lipinski definition) is 1. The number of pyridine rings is 1. The predicted molar refractivity (Wildman–Crippen MR) is 67.9 cm³/mol. The number of carbonyl (C=O) groups excluding carboxylic acids is 2. The molecule has 1 saturated heterocycles. The SMILES string of the molecule is O=C(O)c1cccnc1SCCN1C(=O)CCC1=O. The van der Waals surface area contributed by atoms with Crippen molar-refractivity contribution in [1.29, 1.82) is 0 Å². The van der Waals surface area contributed by atoms with Crippen molar-refractivity contribution < 1.29 is 19.5 Å². The lowest BCUT2D eigenvalue weighted by atomic mass is 10.3. The Morgan fingerprint density at radius 2 is 2.05 bits per heavy atom. The molecule has 2 rings (SSSR count). The molecule has 0 radical (unpaired) electrons. The molecule has 1 fully saturated rings. The molecule has 0 unspecified atom stereocenters. The van der Waals surface area contributed by atoms with E-state index in [0.717, 1.165) is 0 Å². The number of nitrogens with zero attached hydrogens (tertiary/aromatic N) is 2. The smallest absolute Gasteiger partial charge is 0.338 e. The first kappa shape index (κ1) is 13.5. The molecule has 100 valence electrons. The molecule has 1 N–H and O–H groups in total. The number of aromatic nitrogens is 1. The first-order chi connectivity index (χ1) is 9.09. The van der Waals surface area contributed by atoms with E-state index in [-0.39, 0.29) is 36.8 Å². The summed E-state index contributed by atoms with van der Waals surface area (Å²) in [6.07, 6.45) is 2.06. The highest BCUT2D eigenvalue weighted by atomic mass is 32.2. The van der Waals surface area contributed by atoms with Crippen LogP contribution in [0.15, 0.2) is 23.4 Å². The number of likely N-dealkylation sites (tertiary alicyclic amines) is 1. The summed E-state index contributed by atoms with van der Waals surface area (Å²) in [5.41, 5.74) is 0.131.